The van der Waals surface area contributed by atoms with E-state index in [1.54, 1.807) is 0 Å². The highest BCUT2D eigenvalue weighted by Crippen LogP contribution is 2.33. The van der Waals surface area contributed by atoms with Gasteiger partial charge in [-0.25, -0.2) is 0 Å². The van der Waals surface area contributed by atoms with Crippen LogP contribution in [0.5, 0.6) is 0 Å². The van der Waals surface area contributed by atoms with E-state index in [0.29, 0.717) is 23.5 Å². The van der Waals surface area contributed by atoms with Crippen molar-refractivity contribution in [2.45, 2.75) is 23.5 Å². The van der Waals surface area contributed by atoms with Crippen molar-refractivity contribution in [1.82, 2.24) is 0 Å². The molecule has 2 aromatic rings. The molecule has 0 fully saturated rings. The number of rotatable bonds is 6. The van der Waals surface area contributed by atoms with E-state index in [9.17, 15) is 0 Å². The quantitative estimate of drug-likeness (QED) is 0.420. The van der Waals surface area contributed by atoms with Gasteiger partial charge in [-0.2, -0.15) is 0 Å². The van der Waals surface area contributed by atoms with Gasteiger partial charge < -0.3 is 0 Å². The molecular weight excluding hydrogens is 406 g/mol. The Balaban J connectivity index is 2.26. The van der Waals surface area contributed by atoms with Gasteiger partial charge in [0.25, 0.3) is 0 Å². The van der Waals surface area contributed by atoms with Crippen LogP contribution in [-0.4, -0.2) is 0 Å². The molecule has 1 aliphatic carbocycles. The summed E-state index contributed by atoms with van der Waals surface area (Å²) in [6.45, 7) is 0. The molecule has 0 spiro atoms. The minimum atomic E-state index is 0.445. The zero-order chi connectivity index (χ0) is 18.5. The number of benzene rings is 2. The Morgan fingerprint density at radius 3 is 1.19 bits per heavy atom. The summed E-state index contributed by atoms with van der Waals surface area (Å²) < 4.78 is 0. The molecule has 3 rings (SSSR count). The highest BCUT2D eigenvalue weighted by Gasteiger charge is 2.14. The van der Waals surface area contributed by atoms with Crippen molar-refractivity contribution < 1.29 is 0 Å². The van der Waals surface area contributed by atoms with Gasteiger partial charge in [-0.05, 0) is 68.8 Å². The fraction of sp³-hybridized carbons (Fsp3) is 0.182. The van der Waals surface area contributed by atoms with Crippen LogP contribution < -0.4 is 0 Å². The first-order valence-electron chi connectivity index (χ1n) is 8.27. The normalized spacial score (nSPS) is 12.8. The number of alkyl halides is 4. The average molecular weight is 424 g/mol. The van der Waals surface area contributed by atoms with Crippen molar-refractivity contribution in [3.8, 4) is 0 Å². The van der Waals surface area contributed by atoms with Crippen LogP contribution >= 0.6 is 46.4 Å². The Hall–Kier alpha value is -1.18. The maximum Gasteiger partial charge on any atom is 0.0474 e. The van der Waals surface area contributed by atoms with E-state index in [1.165, 1.54) is 0 Å². The van der Waals surface area contributed by atoms with Crippen LogP contribution in [0.2, 0.25) is 0 Å². The lowest BCUT2D eigenvalue weighted by Gasteiger charge is -2.16. The molecule has 0 N–H and O–H groups in total. The molecule has 0 bridgehead atoms. The molecule has 0 amide bonds. The van der Waals surface area contributed by atoms with E-state index < -0.39 is 0 Å². The molecule has 26 heavy (non-hydrogen) atoms. The maximum absolute atomic E-state index is 6.11. The molecule has 4 heteroatoms. The first kappa shape index (κ1) is 19.6. The van der Waals surface area contributed by atoms with Crippen molar-refractivity contribution in [3.05, 3.63) is 99.7 Å². The highest BCUT2D eigenvalue weighted by atomic mass is 35.5. The van der Waals surface area contributed by atoms with Gasteiger partial charge in [-0.15, -0.1) is 46.4 Å². The molecule has 0 aliphatic heterocycles. The van der Waals surface area contributed by atoms with Gasteiger partial charge >= 0.3 is 0 Å². The second kappa shape index (κ2) is 9.15. The van der Waals surface area contributed by atoms with Gasteiger partial charge in [0, 0.05) is 23.5 Å². The Morgan fingerprint density at radius 1 is 0.538 bits per heavy atom. The predicted octanol–water partition coefficient (Wildman–Crippen LogP) is 7.57. The molecular formula is C22H18Cl4. The zero-order valence-corrected chi connectivity index (χ0v) is 17.1. The largest absolute Gasteiger partial charge is 0.122 e. The van der Waals surface area contributed by atoms with Crippen LogP contribution in [0.3, 0.4) is 0 Å². The van der Waals surface area contributed by atoms with Crippen LogP contribution in [0.4, 0.5) is 0 Å². The van der Waals surface area contributed by atoms with Crippen molar-refractivity contribution in [2.75, 3.05) is 0 Å². The number of hydrogen-bond acceptors (Lipinski definition) is 0. The van der Waals surface area contributed by atoms with E-state index in [-0.39, 0.29) is 0 Å². The lowest BCUT2D eigenvalue weighted by Crippen LogP contribution is -1.97. The van der Waals surface area contributed by atoms with E-state index in [1.807, 2.05) is 24.3 Å². The van der Waals surface area contributed by atoms with E-state index in [2.05, 4.69) is 36.4 Å². The Kier molecular flexibility index (Phi) is 6.89. The summed E-state index contributed by atoms with van der Waals surface area (Å²) in [5.41, 5.74) is 8.67. The molecule has 0 saturated carbocycles. The van der Waals surface area contributed by atoms with Crippen LogP contribution in [0.1, 0.15) is 33.4 Å². The molecule has 0 atom stereocenters. The Morgan fingerprint density at radius 2 is 0.885 bits per heavy atom. The van der Waals surface area contributed by atoms with E-state index >= 15 is 0 Å². The standard InChI is InChI=1S/C22H18Cl4/c23-11-15-5-16(12-24)8-20(7-15)22(19-3-1-2-4-19)21-9-17(13-25)6-18(10-21)14-26/h1-10H,11-14H2. The Labute approximate surface area is 174 Å². The molecule has 0 radical (unpaired) electrons. The average Bonchev–Trinajstić information content (AvgIpc) is 3.21. The molecule has 0 saturated heterocycles. The van der Waals surface area contributed by atoms with Crippen molar-refractivity contribution in [1.29, 1.82) is 0 Å². The van der Waals surface area contributed by atoms with Gasteiger partial charge in [0.2, 0.25) is 0 Å². The lowest BCUT2D eigenvalue weighted by molar-refractivity contribution is 1.28. The zero-order valence-electron chi connectivity index (χ0n) is 14.1. The summed E-state index contributed by atoms with van der Waals surface area (Å²) in [6, 6.07) is 12.6. The fourth-order valence-electron chi connectivity index (χ4n) is 3.16. The molecule has 134 valence electrons. The van der Waals surface area contributed by atoms with Gasteiger partial charge in [0.05, 0.1) is 0 Å². The van der Waals surface area contributed by atoms with Crippen LogP contribution in [0.15, 0.2) is 66.3 Å². The van der Waals surface area contributed by atoms with Gasteiger partial charge in [-0.1, -0.05) is 36.4 Å². The van der Waals surface area contributed by atoms with Crippen molar-refractivity contribution >= 4 is 52.0 Å². The van der Waals surface area contributed by atoms with E-state index in [0.717, 1.165) is 44.5 Å². The van der Waals surface area contributed by atoms with E-state index in [4.69, 9.17) is 46.4 Å². The number of allylic oxidation sites excluding steroid dienone is 5. The minimum absolute atomic E-state index is 0.445. The highest BCUT2D eigenvalue weighted by molar-refractivity contribution is 6.18. The molecule has 0 aromatic heterocycles. The lowest BCUT2D eigenvalue weighted by atomic mass is 9.89. The van der Waals surface area contributed by atoms with Crippen LogP contribution in [0, 0.1) is 0 Å². The summed E-state index contributed by atoms with van der Waals surface area (Å²) in [6.07, 6.45) is 8.29. The maximum atomic E-state index is 6.11. The molecule has 1 aliphatic rings. The first-order valence-corrected chi connectivity index (χ1v) is 10.4. The van der Waals surface area contributed by atoms with Gasteiger partial charge in [-0.3, -0.25) is 0 Å². The Bertz CT molecular complexity index is 775. The fourth-order valence-corrected chi connectivity index (χ4v) is 3.78. The monoisotopic (exact) mass is 422 g/mol. The molecule has 0 unspecified atom stereocenters. The van der Waals surface area contributed by atoms with Crippen LogP contribution in [0.25, 0.3) is 5.57 Å². The SMILES string of the molecule is ClCc1cc(CCl)cc(C(=C2C=CC=C2)c2cc(CCl)cc(CCl)c2)c1. The van der Waals surface area contributed by atoms with Gasteiger partial charge in [0.1, 0.15) is 0 Å². The molecule has 0 nitrogen and oxygen atoms in total. The predicted molar refractivity (Wildman–Crippen MR) is 115 cm³/mol. The first-order chi connectivity index (χ1) is 12.7. The minimum Gasteiger partial charge on any atom is -0.122 e. The van der Waals surface area contributed by atoms with Crippen molar-refractivity contribution in [2.24, 2.45) is 0 Å². The molecule has 2 aromatic carbocycles. The van der Waals surface area contributed by atoms with Crippen LogP contribution in [-0.2, 0) is 23.5 Å². The summed E-state index contributed by atoms with van der Waals surface area (Å²) >= 11 is 24.4. The third-order valence-corrected chi connectivity index (χ3v) is 5.49. The second-order valence-corrected chi connectivity index (χ2v) is 7.23. The summed E-state index contributed by atoms with van der Waals surface area (Å²) in [5, 5.41) is 0. The van der Waals surface area contributed by atoms with Gasteiger partial charge in [0.15, 0.2) is 0 Å². The summed E-state index contributed by atoms with van der Waals surface area (Å²) in [5.74, 6) is 1.78. The third-order valence-electron chi connectivity index (χ3n) is 4.25. The number of hydrogen-bond donors (Lipinski definition) is 0. The topological polar surface area (TPSA) is 0 Å². The smallest absolute Gasteiger partial charge is 0.0474 e. The summed E-state index contributed by atoms with van der Waals surface area (Å²) in [4.78, 5) is 0. The van der Waals surface area contributed by atoms with Crippen molar-refractivity contribution in [3.63, 3.8) is 0 Å². The summed E-state index contributed by atoms with van der Waals surface area (Å²) in [7, 11) is 0. The molecule has 0 heterocycles. The second-order valence-electron chi connectivity index (χ2n) is 6.16. The number of halogens is 4. The third kappa shape index (κ3) is 4.38.